The van der Waals surface area contributed by atoms with Gasteiger partial charge in [0.2, 0.25) is 0 Å². The predicted octanol–water partition coefficient (Wildman–Crippen LogP) is 3.58. The zero-order valence-electron chi connectivity index (χ0n) is 11.4. The van der Waals surface area contributed by atoms with Crippen LogP contribution in [0.15, 0.2) is 22.6 Å². The summed E-state index contributed by atoms with van der Waals surface area (Å²) < 4.78 is 5.50. The van der Waals surface area contributed by atoms with Crippen LogP contribution < -0.4 is 5.32 Å². The first-order valence-corrected chi connectivity index (χ1v) is 6.09. The molecule has 0 amide bonds. The Hall–Kier alpha value is -2.11. The fourth-order valence-electron chi connectivity index (χ4n) is 1.49. The summed E-state index contributed by atoms with van der Waals surface area (Å²) in [6.07, 6.45) is 0. The number of aromatic nitrogens is 1. The molecule has 0 bridgehead atoms. The third-order valence-corrected chi connectivity index (χ3v) is 3.22. The molecule has 1 unspecified atom stereocenters. The number of fused-ring (bicyclic) bond motifs is 1. The average molecular weight is 263 g/mol. The first-order chi connectivity index (χ1) is 8.77. The third-order valence-electron chi connectivity index (χ3n) is 3.22. The Kier molecular flexibility index (Phi) is 3.18. The molecule has 1 atom stereocenters. The van der Waals surface area contributed by atoms with Crippen molar-refractivity contribution in [2.75, 3.05) is 5.32 Å². The van der Waals surface area contributed by atoms with Crippen molar-refractivity contribution in [2.24, 2.45) is 5.41 Å². The van der Waals surface area contributed by atoms with Gasteiger partial charge in [-0.15, -0.1) is 0 Å². The van der Waals surface area contributed by atoms with Gasteiger partial charge in [0.15, 0.2) is 5.58 Å². The van der Waals surface area contributed by atoms with Gasteiger partial charge in [-0.2, -0.15) is 4.98 Å². The summed E-state index contributed by atoms with van der Waals surface area (Å²) in [7, 11) is 0. The number of hydrogen-bond donors (Lipinski definition) is 1. The lowest BCUT2D eigenvalue weighted by atomic mass is 9.88. The number of hydrogen-bond acceptors (Lipinski definition) is 5. The molecule has 0 aliphatic rings. The highest BCUT2D eigenvalue weighted by Gasteiger charge is 2.21. The lowest BCUT2D eigenvalue weighted by Crippen LogP contribution is -2.30. The molecule has 1 heterocycles. The first kappa shape index (κ1) is 13.3. The quantitative estimate of drug-likeness (QED) is 0.676. The maximum atomic E-state index is 10.7. The zero-order valence-corrected chi connectivity index (χ0v) is 11.4. The van der Waals surface area contributed by atoms with Gasteiger partial charge in [0, 0.05) is 12.1 Å². The van der Waals surface area contributed by atoms with E-state index in [-0.39, 0.29) is 17.1 Å². The summed E-state index contributed by atoms with van der Waals surface area (Å²) in [4.78, 5) is 14.5. The van der Waals surface area contributed by atoms with Crippen molar-refractivity contribution in [3.8, 4) is 0 Å². The predicted molar refractivity (Wildman–Crippen MR) is 73.2 cm³/mol. The summed E-state index contributed by atoms with van der Waals surface area (Å²) in [5.41, 5.74) is 1.08. The van der Waals surface area contributed by atoms with Gasteiger partial charge in [-0.3, -0.25) is 10.1 Å². The van der Waals surface area contributed by atoms with Gasteiger partial charge in [-0.05, 0) is 18.4 Å². The van der Waals surface area contributed by atoms with Crippen molar-refractivity contribution in [1.82, 2.24) is 4.98 Å². The van der Waals surface area contributed by atoms with Crippen molar-refractivity contribution < 1.29 is 9.34 Å². The monoisotopic (exact) mass is 263 g/mol. The number of nitro benzene ring substituents is 1. The van der Waals surface area contributed by atoms with Crippen LogP contribution in [-0.2, 0) is 0 Å². The van der Waals surface area contributed by atoms with Crippen molar-refractivity contribution in [2.45, 2.75) is 33.7 Å². The summed E-state index contributed by atoms with van der Waals surface area (Å²) in [6.45, 7) is 8.37. The summed E-state index contributed by atoms with van der Waals surface area (Å²) in [6, 6.07) is 4.94. The lowest BCUT2D eigenvalue weighted by Gasteiger charge is -2.27. The molecule has 2 rings (SSSR count). The van der Waals surface area contributed by atoms with Gasteiger partial charge in [-0.1, -0.05) is 20.8 Å². The van der Waals surface area contributed by atoms with Gasteiger partial charge in [-0.25, -0.2) is 0 Å². The Morgan fingerprint density at radius 3 is 2.68 bits per heavy atom. The summed E-state index contributed by atoms with van der Waals surface area (Å²) in [5.74, 6) is 0. The smallest absolute Gasteiger partial charge is 0.295 e. The minimum atomic E-state index is -0.452. The zero-order chi connectivity index (χ0) is 14.2. The van der Waals surface area contributed by atoms with E-state index in [0.717, 1.165) is 0 Å². The number of benzene rings is 1. The van der Waals surface area contributed by atoms with Crippen LogP contribution in [0.3, 0.4) is 0 Å². The number of nitrogens with one attached hydrogen (secondary N) is 1. The number of rotatable bonds is 3. The van der Waals surface area contributed by atoms with E-state index in [1.807, 2.05) is 6.92 Å². The molecular weight excluding hydrogens is 246 g/mol. The Balaban J connectivity index is 2.29. The molecule has 0 radical (unpaired) electrons. The number of anilines is 1. The highest BCUT2D eigenvalue weighted by Crippen LogP contribution is 2.26. The Morgan fingerprint density at radius 1 is 1.42 bits per heavy atom. The number of nitro groups is 1. The maximum absolute atomic E-state index is 10.7. The highest BCUT2D eigenvalue weighted by molar-refractivity contribution is 5.77. The van der Waals surface area contributed by atoms with E-state index in [1.165, 1.54) is 12.1 Å². The molecule has 0 aliphatic carbocycles. The highest BCUT2D eigenvalue weighted by atomic mass is 16.6. The molecule has 6 nitrogen and oxygen atoms in total. The number of oxazole rings is 1. The number of non-ortho nitro benzene ring substituents is 1. The van der Waals surface area contributed by atoms with Crippen molar-refractivity contribution >= 4 is 22.8 Å². The Labute approximate surface area is 111 Å². The average Bonchev–Trinajstić information content (AvgIpc) is 2.68. The van der Waals surface area contributed by atoms with Crippen molar-refractivity contribution in [1.29, 1.82) is 0 Å². The molecule has 19 heavy (non-hydrogen) atoms. The summed E-state index contributed by atoms with van der Waals surface area (Å²) in [5, 5.41) is 13.9. The van der Waals surface area contributed by atoms with Gasteiger partial charge in [0.25, 0.3) is 11.7 Å². The SMILES string of the molecule is CC(Nc1nc2ccc([N+](=O)[O-])cc2o1)C(C)(C)C. The maximum Gasteiger partial charge on any atom is 0.295 e. The number of nitrogens with zero attached hydrogens (tertiary/aromatic N) is 2. The van der Waals surface area contributed by atoms with Crippen molar-refractivity contribution in [3.63, 3.8) is 0 Å². The molecular formula is C13H17N3O3. The van der Waals surface area contributed by atoms with E-state index in [9.17, 15) is 10.1 Å². The van der Waals surface area contributed by atoms with E-state index in [0.29, 0.717) is 17.1 Å². The molecule has 6 heteroatoms. The molecule has 102 valence electrons. The van der Waals surface area contributed by atoms with Gasteiger partial charge in [0.1, 0.15) is 5.52 Å². The van der Waals surface area contributed by atoms with Crippen LogP contribution in [0.1, 0.15) is 27.7 Å². The Bertz CT molecular complexity index is 613. The largest absolute Gasteiger partial charge is 0.423 e. The van der Waals surface area contributed by atoms with E-state index >= 15 is 0 Å². The molecule has 0 aliphatic heterocycles. The third kappa shape index (κ3) is 2.83. The molecule has 0 saturated carbocycles. The minimum absolute atomic E-state index is 0.000861. The lowest BCUT2D eigenvalue weighted by molar-refractivity contribution is -0.384. The van der Waals surface area contributed by atoms with Crippen LogP contribution in [0.5, 0.6) is 0 Å². The topological polar surface area (TPSA) is 81.2 Å². The van der Waals surface area contributed by atoms with Gasteiger partial charge >= 0.3 is 0 Å². The second kappa shape index (κ2) is 4.53. The van der Waals surface area contributed by atoms with Crippen LogP contribution in [0.4, 0.5) is 11.7 Å². The van der Waals surface area contributed by atoms with E-state index in [4.69, 9.17) is 4.42 Å². The van der Waals surface area contributed by atoms with E-state index < -0.39 is 4.92 Å². The molecule has 1 aromatic heterocycles. The van der Waals surface area contributed by atoms with E-state index in [1.54, 1.807) is 6.07 Å². The van der Waals surface area contributed by atoms with Crippen molar-refractivity contribution in [3.05, 3.63) is 28.3 Å². The molecule has 1 N–H and O–H groups in total. The normalized spacial score (nSPS) is 13.5. The fraction of sp³-hybridized carbons (Fsp3) is 0.462. The molecule has 0 saturated heterocycles. The van der Waals surface area contributed by atoms with Crippen LogP contribution in [0, 0.1) is 15.5 Å². The molecule has 2 aromatic rings. The van der Waals surface area contributed by atoms with Gasteiger partial charge < -0.3 is 9.73 Å². The van der Waals surface area contributed by atoms with Crippen LogP contribution in [0.2, 0.25) is 0 Å². The van der Waals surface area contributed by atoms with Crippen LogP contribution in [0.25, 0.3) is 11.1 Å². The Morgan fingerprint density at radius 2 is 2.11 bits per heavy atom. The fourth-order valence-corrected chi connectivity index (χ4v) is 1.49. The second-order valence-corrected chi connectivity index (χ2v) is 5.66. The molecule has 1 aromatic carbocycles. The summed E-state index contributed by atoms with van der Waals surface area (Å²) >= 11 is 0. The molecule has 0 fully saturated rings. The van der Waals surface area contributed by atoms with Gasteiger partial charge in [0.05, 0.1) is 11.0 Å². The van der Waals surface area contributed by atoms with E-state index in [2.05, 4.69) is 31.1 Å². The standard InChI is InChI=1S/C13H17N3O3/c1-8(13(2,3)4)14-12-15-10-6-5-9(16(17)18)7-11(10)19-12/h5-8H,1-4H3,(H,14,15). The minimum Gasteiger partial charge on any atom is -0.423 e. The van der Waals surface area contributed by atoms with Crippen LogP contribution in [-0.4, -0.2) is 15.9 Å². The first-order valence-electron chi connectivity index (χ1n) is 6.09. The van der Waals surface area contributed by atoms with Crippen LogP contribution >= 0.6 is 0 Å². The second-order valence-electron chi connectivity index (χ2n) is 5.66. The molecule has 0 spiro atoms.